The number of hydrogen-bond acceptors (Lipinski definition) is 2. The minimum atomic E-state index is -1.02. The molecule has 0 rings (SSSR count). The number of aliphatic hydroxyl groups is 2. The highest BCUT2D eigenvalue weighted by Crippen LogP contribution is 2.37. The molecule has 0 bridgehead atoms. The van der Waals surface area contributed by atoms with Gasteiger partial charge in [-0.25, -0.2) is 0 Å². The highest BCUT2D eigenvalue weighted by atomic mass is 16.4. The molecule has 0 amide bonds. The van der Waals surface area contributed by atoms with Gasteiger partial charge >= 0.3 is 0 Å². The summed E-state index contributed by atoms with van der Waals surface area (Å²) in [5.41, 5.74) is -2.03. The molecule has 14 heavy (non-hydrogen) atoms. The molecule has 0 radical (unpaired) electrons. The second kappa shape index (κ2) is 4.63. The molecule has 0 aliphatic carbocycles. The van der Waals surface area contributed by atoms with Crippen molar-refractivity contribution in [3.8, 4) is 0 Å². The van der Waals surface area contributed by atoms with Gasteiger partial charge in [0.05, 0.1) is 11.2 Å². The molecule has 0 aliphatic rings. The highest BCUT2D eigenvalue weighted by molar-refractivity contribution is 4.98. The van der Waals surface area contributed by atoms with E-state index in [9.17, 15) is 10.2 Å². The van der Waals surface area contributed by atoms with Crippen molar-refractivity contribution in [3.05, 3.63) is 0 Å². The SMILES string of the molecule is CCC(C)C(C)(O)C(C)(O)C(C)CC. The second-order valence-corrected chi connectivity index (χ2v) is 4.91. The van der Waals surface area contributed by atoms with Crippen LogP contribution in [0.3, 0.4) is 0 Å². The van der Waals surface area contributed by atoms with Gasteiger partial charge < -0.3 is 10.2 Å². The quantitative estimate of drug-likeness (QED) is 0.719. The Balaban J connectivity index is 4.85. The first kappa shape index (κ1) is 13.9. The summed E-state index contributed by atoms with van der Waals surface area (Å²) in [6.07, 6.45) is 1.75. The average Bonchev–Trinajstić information content (AvgIpc) is 2.14. The summed E-state index contributed by atoms with van der Waals surface area (Å²) in [6.45, 7) is 11.5. The molecule has 86 valence electrons. The first-order chi connectivity index (χ1) is 6.21. The van der Waals surface area contributed by atoms with E-state index in [4.69, 9.17) is 0 Å². The molecule has 2 N–H and O–H groups in total. The summed E-state index contributed by atoms with van der Waals surface area (Å²) in [4.78, 5) is 0. The van der Waals surface area contributed by atoms with Crippen LogP contribution >= 0.6 is 0 Å². The Morgan fingerprint density at radius 1 is 0.857 bits per heavy atom. The Morgan fingerprint density at radius 2 is 1.07 bits per heavy atom. The van der Waals surface area contributed by atoms with Gasteiger partial charge in [-0.1, -0.05) is 40.5 Å². The van der Waals surface area contributed by atoms with E-state index in [-0.39, 0.29) is 11.8 Å². The van der Waals surface area contributed by atoms with Crippen molar-refractivity contribution in [2.75, 3.05) is 0 Å². The van der Waals surface area contributed by atoms with Crippen molar-refractivity contribution < 1.29 is 10.2 Å². The molecule has 0 aromatic carbocycles. The molecule has 4 atom stereocenters. The molecular weight excluding hydrogens is 176 g/mol. The minimum Gasteiger partial charge on any atom is -0.387 e. The van der Waals surface area contributed by atoms with Crippen LogP contribution in [0, 0.1) is 11.8 Å². The predicted molar refractivity (Wildman–Crippen MR) is 60.2 cm³/mol. The zero-order valence-corrected chi connectivity index (χ0v) is 10.5. The maximum absolute atomic E-state index is 10.4. The van der Waals surface area contributed by atoms with Crippen LogP contribution in [-0.4, -0.2) is 21.4 Å². The fourth-order valence-electron chi connectivity index (χ4n) is 1.79. The summed E-state index contributed by atoms with van der Waals surface area (Å²) in [7, 11) is 0. The fraction of sp³-hybridized carbons (Fsp3) is 1.00. The van der Waals surface area contributed by atoms with Gasteiger partial charge in [0.1, 0.15) is 0 Å². The molecule has 0 fully saturated rings. The van der Waals surface area contributed by atoms with Gasteiger partial charge in [-0.3, -0.25) is 0 Å². The maximum atomic E-state index is 10.4. The van der Waals surface area contributed by atoms with Gasteiger partial charge in [-0.05, 0) is 25.7 Å². The number of rotatable bonds is 5. The van der Waals surface area contributed by atoms with Crippen LogP contribution in [-0.2, 0) is 0 Å². The van der Waals surface area contributed by atoms with Crippen LogP contribution in [0.5, 0.6) is 0 Å². The van der Waals surface area contributed by atoms with Crippen molar-refractivity contribution in [2.24, 2.45) is 11.8 Å². The lowest BCUT2D eigenvalue weighted by molar-refractivity contribution is -0.183. The Labute approximate surface area is 88.3 Å². The zero-order valence-electron chi connectivity index (χ0n) is 10.5. The Kier molecular flexibility index (Phi) is 4.60. The number of hydrogen-bond donors (Lipinski definition) is 2. The van der Waals surface area contributed by atoms with E-state index in [1.165, 1.54) is 0 Å². The Morgan fingerprint density at radius 3 is 1.21 bits per heavy atom. The highest BCUT2D eigenvalue weighted by Gasteiger charge is 2.47. The van der Waals surface area contributed by atoms with Gasteiger partial charge in [-0.15, -0.1) is 0 Å². The van der Waals surface area contributed by atoms with E-state index >= 15 is 0 Å². The summed E-state index contributed by atoms with van der Waals surface area (Å²) in [6, 6.07) is 0. The predicted octanol–water partition coefficient (Wildman–Crippen LogP) is 2.58. The van der Waals surface area contributed by atoms with Crippen LogP contribution in [0.4, 0.5) is 0 Å². The normalized spacial score (nSPS) is 24.9. The first-order valence-corrected chi connectivity index (χ1v) is 5.66. The van der Waals surface area contributed by atoms with Crippen LogP contribution in [0.15, 0.2) is 0 Å². The summed E-state index contributed by atoms with van der Waals surface area (Å²) >= 11 is 0. The van der Waals surface area contributed by atoms with E-state index < -0.39 is 11.2 Å². The molecule has 4 unspecified atom stereocenters. The van der Waals surface area contributed by atoms with Gasteiger partial charge in [0.2, 0.25) is 0 Å². The molecule has 0 aromatic rings. The topological polar surface area (TPSA) is 40.5 Å². The smallest absolute Gasteiger partial charge is 0.0930 e. The lowest BCUT2D eigenvalue weighted by Crippen LogP contribution is -2.57. The lowest BCUT2D eigenvalue weighted by Gasteiger charge is -2.46. The molecule has 0 spiro atoms. The van der Waals surface area contributed by atoms with Crippen molar-refractivity contribution in [2.45, 2.75) is 65.6 Å². The molecule has 0 heterocycles. The molecule has 0 saturated heterocycles. The molecule has 2 heteroatoms. The third kappa shape index (κ3) is 2.29. The molecular formula is C12H26O2. The van der Waals surface area contributed by atoms with E-state index in [0.717, 1.165) is 12.8 Å². The second-order valence-electron chi connectivity index (χ2n) is 4.91. The summed E-state index contributed by atoms with van der Waals surface area (Å²) in [5.74, 6) is 0.206. The van der Waals surface area contributed by atoms with E-state index in [1.54, 1.807) is 13.8 Å². The lowest BCUT2D eigenvalue weighted by atomic mass is 9.69. The molecule has 0 saturated carbocycles. The van der Waals surface area contributed by atoms with Crippen molar-refractivity contribution >= 4 is 0 Å². The van der Waals surface area contributed by atoms with Crippen LogP contribution in [0.1, 0.15) is 54.4 Å². The van der Waals surface area contributed by atoms with E-state index in [1.807, 2.05) is 27.7 Å². The Bertz CT molecular complexity index is 153. The Hall–Kier alpha value is -0.0800. The minimum absolute atomic E-state index is 0.103. The van der Waals surface area contributed by atoms with Gasteiger partial charge in [-0.2, -0.15) is 0 Å². The van der Waals surface area contributed by atoms with Crippen molar-refractivity contribution in [1.29, 1.82) is 0 Å². The van der Waals surface area contributed by atoms with E-state index in [0.29, 0.717) is 0 Å². The summed E-state index contributed by atoms with van der Waals surface area (Å²) < 4.78 is 0. The van der Waals surface area contributed by atoms with Gasteiger partial charge in [0.15, 0.2) is 0 Å². The molecule has 2 nitrogen and oxygen atoms in total. The largest absolute Gasteiger partial charge is 0.387 e. The molecule has 0 aliphatic heterocycles. The third-order valence-electron chi connectivity index (χ3n) is 4.17. The molecule has 0 aromatic heterocycles. The van der Waals surface area contributed by atoms with E-state index in [2.05, 4.69) is 0 Å². The van der Waals surface area contributed by atoms with Crippen molar-refractivity contribution in [3.63, 3.8) is 0 Å². The third-order valence-corrected chi connectivity index (χ3v) is 4.17. The first-order valence-electron chi connectivity index (χ1n) is 5.66. The zero-order chi connectivity index (χ0) is 11.6. The average molecular weight is 202 g/mol. The van der Waals surface area contributed by atoms with Crippen LogP contribution < -0.4 is 0 Å². The fourth-order valence-corrected chi connectivity index (χ4v) is 1.79. The monoisotopic (exact) mass is 202 g/mol. The van der Waals surface area contributed by atoms with Crippen LogP contribution in [0.25, 0.3) is 0 Å². The van der Waals surface area contributed by atoms with Crippen molar-refractivity contribution in [1.82, 2.24) is 0 Å². The standard InChI is InChI=1S/C12H26O2/c1-7-9(3)11(5,13)12(6,14)10(4)8-2/h9-10,13-14H,7-8H2,1-6H3. The van der Waals surface area contributed by atoms with Gasteiger partial charge in [0, 0.05) is 0 Å². The van der Waals surface area contributed by atoms with Gasteiger partial charge in [0.25, 0.3) is 0 Å². The summed E-state index contributed by atoms with van der Waals surface area (Å²) in [5, 5.41) is 20.7. The maximum Gasteiger partial charge on any atom is 0.0930 e. The van der Waals surface area contributed by atoms with Crippen LogP contribution in [0.2, 0.25) is 0 Å².